The van der Waals surface area contributed by atoms with Gasteiger partial charge in [-0.1, -0.05) is 18.2 Å². The summed E-state index contributed by atoms with van der Waals surface area (Å²) >= 11 is 0. The minimum Gasteiger partial charge on any atom is -0.444 e. The highest BCUT2D eigenvalue weighted by Crippen LogP contribution is 2.33. The molecule has 1 aliphatic heterocycles. The number of nitrogens with zero attached hydrogens (tertiary/aromatic N) is 3. The van der Waals surface area contributed by atoms with Crippen LogP contribution in [0.4, 0.5) is 4.79 Å². The van der Waals surface area contributed by atoms with Crippen molar-refractivity contribution in [2.75, 3.05) is 6.54 Å². The third kappa shape index (κ3) is 3.63. The van der Waals surface area contributed by atoms with Gasteiger partial charge in [0.1, 0.15) is 11.6 Å². The number of carbonyl (C=O) groups is 1. The van der Waals surface area contributed by atoms with Gasteiger partial charge in [-0.05, 0) is 46.5 Å². The molecule has 1 saturated heterocycles. The molecule has 2 heterocycles. The topological polar surface area (TPSA) is 68.5 Å². The molecule has 1 aromatic rings. The van der Waals surface area contributed by atoms with Crippen molar-refractivity contribution in [2.24, 2.45) is 0 Å². The smallest absolute Gasteiger partial charge is 0.410 e. The Bertz CT molecular complexity index is 640. The molecule has 23 heavy (non-hydrogen) atoms. The van der Waals surface area contributed by atoms with Gasteiger partial charge in [0.15, 0.2) is 0 Å². The minimum absolute atomic E-state index is 0.189. The average Bonchev–Trinajstić information content (AvgIpc) is 3.15. The van der Waals surface area contributed by atoms with E-state index in [9.17, 15) is 4.79 Å². The van der Waals surface area contributed by atoms with Crippen LogP contribution in [0.2, 0.25) is 0 Å². The highest BCUT2D eigenvalue weighted by atomic mass is 16.6. The molecular weight excluding hydrogens is 294 g/mol. The second-order valence-corrected chi connectivity index (χ2v) is 6.94. The molecule has 1 atom stereocenters. The monoisotopic (exact) mass is 317 g/mol. The lowest BCUT2D eigenvalue weighted by molar-refractivity contribution is 0.0203. The molecule has 6 nitrogen and oxygen atoms in total. The van der Waals surface area contributed by atoms with E-state index in [0.717, 1.165) is 31.3 Å². The maximum Gasteiger partial charge on any atom is 0.410 e. The van der Waals surface area contributed by atoms with E-state index < -0.39 is 5.60 Å². The normalized spacial score (nSPS) is 21.4. The highest BCUT2D eigenvalue weighted by molar-refractivity contribution is 5.69. The predicted octanol–water partition coefficient (Wildman–Crippen LogP) is 3.88. The van der Waals surface area contributed by atoms with Crippen molar-refractivity contribution in [3.8, 4) is 0 Å². The number of allylic oxidation sites excluding steroid dienone is 4. The van der Waals surface area contributed by atoms with E-state index in [1.54, 1.807) is 4.90 Å². The van der Waals surface area contributed by atoms with Crippen molar-refractivity contribution in [1.82, 2.24) is 15.1 Å². The molecule has 3 rings (SSSR count). The Morgan fingerprint density at radius 3 is 2.91 bits per heavy atom. The van der Waals surface area contributed by atoms with E-state index in [1.807, 2.05) is 32.9 Å². The van der Waals surface area contributed by atoms with E-state index in [4.69, 9.17) is 9.15 Å². The first-order chi connectivity index (χ1) is 10.9. The summed E-state index contributed by atoms with van der Waals surface area (Å²) in [7, 11) is 0. The number of aromatic nitrogens is 2. The first kappa shape index (κ1) is 15.8. The SMILES string of the molecule is CC(C)(C)OC(=O)N1CCC[C@H]1c1nnc(C2=CC=CCC2)o1. The number of likely N-dealkylation sites (tertiary alicyclic amines) is 1. The van der Waals surface area contributed by atoms with E-state index >= 15 is 0 Å². The van der Waals surface area contributed by atoms with Gasteiger partial charge in [-0.2, -0.15) is 0 Å². The first-order valence-corrected chi connectivity index (χ1v) is 8.13. The summed E-state index contributed by atoms with van der Waals surface area (Å²) in [5, 5.41) is 8.33. The molecule has 0 radical (unpaired) electrons. The summed E-state index contributed by atoms with van der Waals surface area (Å²) in [5.41, 5.74) is 0.539. The third-order valence-corrected chi connectivity index (χ3v) is 3.90. The van der Waals surface area contributed by atoms with Gasteiger partial charge >= 0.3 is 6.09 Å². The molecular formula is C17H23N3O3. The number of carbonyl (C=O) groups excluding carboxylic acids is 1. The highest BCUT2D eigenvalue weighted by Gasteiger charge is 2.36. The van der Waals surface area contributed by atoms with Crippen molar-refractivity contribution in [2.45, 2.75) is 58.1 Å². The molecule has 6 heteroatoms. The van der Waals surface area contributed by atoms with Crippen LogP contribution >= 0.6 is 0 Å². The van der Waals surface area contributed by atoms with Gasteiger partial charge < -0.3 is 9.15 Å². The van der Waals surface area contributed by atoms with Gasteiger partial charge in [0.2, 0.25) is 11.8 Å². The van der Waals surface area contributed by atoms with Crippen LogP contribution in [0.15, 0.2) is 22.6 Å². The van der Waals surface area contributed by atoms with Gasteiger partial charge in [0.25, 0.3) is 0 Å². The number of hydrogen-bond acceptors (Lipinski definition) is 5. The van der Waals surface area contributed by atoms with Crippen LogP contribution in [0.3, 0.4) is 0 Å². The molecule has 0 aromatic carbocycles. The zero-order chi connectivity index (χ0) is 16.4. The van der Waals surface area contributed by atoms with Crippen LogP contribution in [0.25, 0.3) is 5.57 Å². The van der Waals surface area contributed by atoms with Crippen molar-refractivity contribution >= 4 is 11.7 Å². The molecule has 0 bridgehead atoms. The van der Waals surface area contributed by atoms with Crippen molar-refractivity contribution in [1.29, 1.82) is 0 Å². The summed E-state index contributed by atoms with van der Waals surface area (Å²) in [5.74, 6) is 1.05. The lowest BCUT2D eigenvalue weighted by Gasteiger charge is -2.27. The Labute approximate surface area is 136 Å². The van der Waals surface area contributed by atoms with Crippen molar-refractivity contribution in [3.63, 3.8) is 0 Å². The molecule has 1 aromatic heterocycles. The number of rotatable bonds is 2. The van der Waals surface area contributed by atoms with Gasteiger partial charge in [0, 0.05) is 12.1 Å². The lowest BCUT2D eigenvalue weighted by Crippen LogP contribution is -2.36. The Balaban J connectivity index is 1.75. The Morgan fingerprint density at radius 1 is 1.39 bits per heavy atom. The van der Waals surface area contributed by atoms with Gasteiger partial charge in [-0.25, -0.2) is 4.79 Å². The number of hydrogen-bond donors (Lipinski definition) is 0. The fourth-order valence-corrected chi connectivity index (χ4v) is 2.84. The molecule has 0 saturated carbocycles. The summed E-state index contributed by atoms with van der Waals surface area (Å²) in [6, 6.07) is -0.189. The van der Waals surface area contributed by atoms with Crippen LogP contribution in [0.1, 0.15) is 64.3 Å². The molecule has 0 N–H and O–H groups in total. The van der Waals surface area contributed by atoms with Gasteiger partial charge in [-0.15, -0.1) is 10.2 Å². The largest absolute Gasteiger partial charge is 0.444 e. The Hall–Kier alpha value is -2.11. The van der Waals surface area contributed by atoms with Gasteiger partial charge in [0.05, 0.1) is 0 Å². The molecule has 0 unspecified atom stereocenters. The van der Waals surface area contributed by atoms with E-state index in [2.05, 4.69) is 16.3 Å². The van der Waals surface area contributed by atoms with Crippen LogP contribution < -0.4 is 0 Å². The molecule has 1 fully saturated rings. The second-order valence-electron chi connectivity index (χ2n) is 6.94. The van der Waals surface area contributed by atoms with Crippen molar-refractivity contribution < 1.29 is 13.9 Å². The van der Waals surface area contributed by atoms with Crippen LogP contribution in [-0.4, -0.2) is 33.3 Å². The van der Waals surface area contributed by atoms with Crippen LogP contribution in [0.5, 0.6) is 0 Å². The molecule has 124 valence electrons. The Kier molecular flexibility index (Phi) is 4.24. The zero-order valence-corrected chi connectivity index (χ0v) is 13.9. The van der Waals surface area contributed by atoms with Gasteiger partial charge in [-0.3, -0.25) is 4.90 Å². The summed E-state index contributed by atoms with van der Waals surface area (Å²) < 4.78 is 11.3. The van der Waals surface area contributed by atoms with Crippen LogP contribution in [-0.2, 0) is 4.74 Å². The van der Waals surface area contributed by atoms with E-state index in [-0.39, 0.29) is 12.1 Å². The van der Waals surface area contributed by atoms with Crippen LogP contribution in [0, 0.1) is 0 Å². The zero-order valence-electron chi connectivity index (χ0n) is 13.9. The van der Waals surface area contributed by atoms with Crippen molar-refractivity contribution in [3.05, 3.63) is 30.0 Å². The standard InChI is InChI=1S/C17H23N3O3/c1-17(2,3)23-16(21)20-11-7-10-13(20)15-19-18-14(22-15)12-8-5-4-6-9-12/h4-5,8,13H,6-7,9-11H2,1-3H3/t13-/m0/s1. The fraction of sp³-hybridized carbons (Fsp3) is 0.588. The Morgan fingerprint density at radius 2 is 2.22 bits per heavy atom. The predicted molar refractivity (Wildman–Crippen MR) is 85.6 cm³/mol. The third-order valence-electron chi connectivity index (χ3n) is 3.90. The maximum atomic E-state index is 12.3. The minimum atomic E-state index is -0.510. The lowest BCUT2D eigenvalue weighted by atomic mass is 10.1. The summed E-state index contributed by atoms with van der Waals surface area (Å²) in [6.07, 6.45) is 9.41. The quantitative estimate of drug-likeness (QED) is 0.828. The van der Waals surface area contributed by atoms with E-state index in [0.29, 0.717) is 18.3 Å². The van der Waals surface area contributed by atoms with E-state index in [1.165, 1.54) is 0 Å². The molecule has 2 aliphatic rings. The summed E-state index contributed by atoms with van der Waals surface area (Å²) in [4.78, 5) is 14.0. The molecule has 1 amide bonds. The number of amides is 1. The first-order valence-electron chi connectivity index (χ1n) is 8.13. The molecule has 0 spiro atoms. The average molecular weight is 317 g/mol. The molecule has 1 aliphatic carbocycles. The maximum absolute atomic E-state index is 12.3. The summed E-state index contributed by atoms with van der Waals surface area (Å²) in [6.45, 7) is 6.25. The number of ether oxygens (including phenoxy) is 1. The second kappa shape index (κ2) is 6.18. The fourth-order valence-electron chi connectivity index (χ4n) is 2.84.